The lowest BCUT2D eigenvalue weighted by Gasteiger charge is -2.33. The maximum atomic E-state index is 13.1. The molecule has 0 spiro atoms. The van der Waals surface area contributed by atoms with Crippen molar-refractivity contribution in [1.82, 2.24) is 0 Å². The predicted octanol–water partition coefficient (Wildman–Crippen LogP) is 4.23. The number of benzene rings is 1. The monoisotopic (exact) mass is 289 g/mol. The first-order chi connectivity index (χ1) is 9.41. The van der Waals surface area contributed by atoms with Gasteiger partial charge in [0, 0.05) is 0 Å². The molecule has 1 nitrogen and oxygen atoms in total. The van der Waals surface area contributed by atoms with Gasteiger partial charge in [-0.1, -0.05) is 18.8 Å². The Kier molecular flexibility index (Phi) is 4.61. The van der Waals surface area contributed by atoms with Crippen LogP contribution in [-0.2, 0) is 0 Å². The molecule has 1 aliphatic carbocycles. The summed E-state index contributed by atoms with van der Waals surface area (Å²) in [6.07, 6.45) is 4.50. The topological polar surface area (TPSA) is 9.23 Å². The zero-order valence-electron chi connectivity index (χ0n) is 11.4. The third kappa shape index (κ3) is 3.47. The highest BCUT2D eigenvalue weighted by molar-refractivity contribution is 6.74. The summed E-state index contributed by atoms with van der Waals surface area (Å²) in [4.78, 5) is 0. The van der Waals surface area contributed by atoms with Crippen molar-refractivity contribution in [3.8, 4) is 5.75 Å². The van der Waals surface area contributed by atoms with E-state index < -0.39 is 18.3 Å². The van der Waals surface area contributed by atoms with Gasteiger partial charge in [-0.25, -0.2) is 4.39 Å². The van der Waals surface area contributed by atoms with E-state index in [-0.39, 0.29) is 17.8 Å². The minimum Gasteiger partial charge on any atom is -0.493 e. The lowest BCUT2D eigenvalue weighted by atomic mass is 9.79. The molecule has 1 aromatic carbocycles. The molecule has 1 fully saturated rings. The van der Waals surface area contributed by atoms with Crippen molar-refractivity contribution in [3.05, 3.63) is 24.0 Å². The normalized spacial score (nSPS) is 23.6. The van der Waals surface area contributed by atoms with Gasteiger partial charge >= 0.3 is 6.98 Å². The van der Waals surface area contributed by atoms with Crippen molar-refractivity contribution in [2.75, 3.05) is 0 Å². The molecule has 0 bridgehead atoms. The first kappa shape index (κ1) is 15.2. The maximum absolute atomic E-state index is 13.1. The van der Waals surface area contributed by atoms with E-state index in [0.717, 1.165) is 44.2 Å². The van der Waals surface area contributed by atoms with Crippen molar-refractivity contribution in [2.45, 2.75) is 45.1 Å². The summed E-state index contributed by atoms with van der Waals surface area (Å²) in [5, 5.41) is 0. The molecule has 0 N–H and O–H groups in total. The summed E-state index contributed by atoms with van der Waals surface area (Å²) in [5.41, 5.74) is -0.967. The van der Waals surface area contributed by atoms with Crippen LogP contribution in [0.4, 0.5) is 17.3 Å². The van der Waals surface area contributed by atoms with Crippen LogP contribution in [0.3, 0.4) is 0 Å². The van der Waals surface area contributed by atoms with E-state index in [1.54, 1.807) is 0 Å². The van der Waals surface area contributed by atoms with Crippen molar-refractivity contribution in [2.24, 2.45) is 5.92 Å². The fraction of sp³-hybridized carbons (Fsp3) is 0.571. The van der Waals surface area contributed by atoms with E-state index in [9.17, 15) is 17.3 Å². The highest BCUT2D eigenvalue weighted by Crippen LogP contribution is 2.31. The molecule has 0 saturated heterocycles. The average Bonchev–Trinajstić information content (AvgIpc) is 2.40. The Morgan fingerprint density at radius 2 is 1.90 bits per heavy atom. The van der Waals surface area contributed by atoms with Gasteiger partial charge in [-0.3, -0.25) is 0 Å². The quantitative estimate of drug-likeness (QED) is 0.595. The Labute approximate surface area is 116 Å². The fourth-order valence-electron chi connectivity index (χ4n) is 2.84. The number of rotatable bonds is 4. The molecule has 2 unspecified atom stereocenters. The molecule has 2 rings (SSSR count). The van der Waals surface area contributed by atoms with Crippen LogP contribution in [0, 0.1) is 11.7 Å². The van der Waals surface area contributed by atoms with Gasteiger partial charge in [-0.05, 0) is 49.8 Å². The summed E-state index contributed by atoms with van der Waals surface area (Å²) in [6.45, 7) is -3.25. The Hall–Kier alpha value is -1.20. The second kappa shape index (κ2) is 6.06. The SMILES string of the molecule is CCC1CCCCC1Oc1ccc(F)cc1[B-](F)(F)F. The molecule has 6 heteroatoms. The van der Waals surface area contributed by atoms with E-state index in [1.165, 1.54) is 0 Å². The minimum absolute atomic E-state index is 0.198. The molecule has 0 aliphatic heterocycles. The Morgan fingerprint density at radius 1 is 1.20 bits per heavy atom. The average molecular weight is 289 g/mol. The van der Waals surface area contributed by atoms with Gasteiger partial charge in [0.05, 0.1) is 5.75 Å². The van der Waals surface area contributed by atoms with Crippen LogP contribution in [0.1, 0.15) is 39.0 Å². The van der Waals surface area contributed by atoms with Crippen LogP contribution in [0.25, 0.3) is 0 Å². The summed E-state index contributed by atoms with van der Waals surface area (Å²) >= 11 is 0. The van der Waals surface area contributed by atoms with Crippen molar-refractivity contribution < 1.29 is 22.1 Å². The van der Waals surface area contributed by atoms with Gasteiger partial charge in [0.2, 0.25) is 0 Å². The Bertz CT molecular complexity index is 461. The number of hydrogen-bond donors (Lipinski definition) is 0. The van der Waals surface area contributed by atoms with Gasteiger partial charge in [0.25, 0.3) is 0 Å². The molecule has 1 aromatic rings. The lowest BCUT2D eigenvalue weighted by Crippen LogP contribution is -2.38. The van der Waals surface area contributed by atoms with Gasteiger partial charge in [-0.2, -0.15) is 0 Å². The smallest absolute Gasteiger partial charge is 0.493 e. The molecule has 0 heterocycles. The van der Waals surface area contributed by atoms with Crippen LogP contribution in [0.2, 0.25) is 0 Å². The molecule has 0 amide bonds. The molecule has 20 heavy (non-hydrogen) atoms. The van der Waals surface area contributed by atoms with Crippen molar-refractivity contribution in [1.29, 1.82) is 0 Å². The molecule has 1 saturated carbocycles. The number of hydrogen-bond acceptors (Lipinski definition) is 1. The minimum atomic E-state index is -5.27. The summed E-state index contributed by atoms with van der Waals surface area (Å²) in [6, 6.07) is 2.64. The van der Waals surface area contributed by atoms with E-state index in [2.05, 4.69) is 0 Å². The van der Waals surface area contributed by atoms with Crippen LogP contribution >= 0.6 is 0 Å². The van der Waals surface area contributed by atoms with E-state index >= 15 is 0 Å². The second-order valence-corrected chi connectivity index (χ2v) is 5.37. The number of halogens is 4. The molecule has 0 radical (unpaired) electrons. The third-order valence-electron chi connectivity index (χ3n) is 3.97. The summed E-state index contributed by atoms with van der Waals surface area (Å²) < 4.78 is 57.6. The van der Waals surface area contributed by atoms with E-state index in [1.807, 2.05) is 6.92 Å². The second-order valence-electron chi connectivity index (χ2n) is 5.37. The first-order valence-electron chi connectivity index (χ1n) is 7.08. The third-order valence-corrected chi connectivity index (χ3v) is 3.97. The van der Waals surface area contributed by atoms with E-state index in [4.69, 9.17) is 4.74 Å². The molecule has 1 aliphatic rings. The summed E-state index contributed by atoms with van der Waals surface area (Å²) in [5.74, 6) is -0.839. The van der Waals surface area contributed by atoms with Crippen molar-refractivity contribution >= 4 is 12.4 Å². The van der Waals surface area contributed by atoms with Gasteiger partial charge in [0.15, 0.2) is 0 Å². The van der Waals surface area contributed by atoms with Crippen LogP contribution in [0.5, 0.6) is 5.75 Å². The first-order valence-corrected chi connectivity index (χ1v) is 7.08. The molecule has 2 atom stereocenters. The highest BCUT2D eigenvalue weighted by atomic mass is 19.4. The van der Waals surface area contributed by atoms with Gasteiger partial charge in [-0.15, -0.1) is 0 Å². The zero-order chi connectivity index (χ0) is 14.8. The summed E-state index contributed by atoms with van der Waals surface area (Å²) in [7, 11) is 0. The largest absolute Gasteiger partial charge is 0.513 e. The van der Waals surface area contributed by atoms with Gasteiger partial charge in [0.1, 0.15) is 11.9 Å². The van der Waals surface area contributed by atoms with Crippen LogP contribution in [-0.4, -0.2) is 13.1 Å². The van der Waals surface area contributed by atoms with Crippen LogP contribution < -0.4 is 10.2 Å². The molecular weight excluding hydrogens is 271 g/mol. The lowest BCUT2D eigenvalue weighted by molar-refractivity contribution is 0.0910. The molecular formula is C14H18BF4O-. The zero-order valence-corrected chi connectivity index (χ0v) is 11.4. The maximum Gasteiger partial charge on any atom is 0.513 e. The molecule has 0 aromatic heterocycles. The highest BCUT2D eigenvalue weighted by Gasteiger charge is 2.32. The predicted molar refractivity (Wildman–Crippen MR) is 71.8 cm³/mol. The Balaban J connectivity index is 2.24. The van der Waals surface area contributed by atoms with Crippen LogP contribution in [0.15, 0.2) is 18.2 Å². The standard InChI is InChI=1S/C14H18BF4O/c1-2-10-5-3-4-6-13(10)20-14-8-7-11(16)9-12(14)15(17,18)19/h7-10,13H,2-6H2,1H3/q-1. The fourth-order valence-corrected chi connectivity index (χ4v) is 2.84. The molecule has 112 valence electrons. The van der Waals surface area contributed by atoms with E-state index in [0.29, 0.717) is 6.07 Å². The van der Waals surface area contributed by atoms with Crippen molar-refractivity contribution in [3.63, 3.8) is 0 Å². The Morgan fingerprint density at radius 3 is 2.55 bits per heavy atom. The number of ether oxygens (including phenoxy) is 1. The van der Waals surface area contributed by atoms with Gasteiger partial charge < -0.3 is 17.7 Å².